The van der Waals surface area contributed by atoms with Crippen molar-refractivity contribution in [2.75, 3.05) is 13.7 Å². The number of aromatic nitrogens is 1. The maximum Gasteiger partial charge on any atom is 0.213 e. The highest BCUT2D eigenvalue weighted by Gasteiger charge is 2.29. The molecule has 1 aromatic rings. The van der Waals surface area contributed by atoms with Gasteiger partial charge >= 0.3 is 0 Å². The molecule has 1 saturated heterocycles. The number of hydrogen-bond donors (Lipinski definition) is 1. The van der Waals surface area contributed by atoms with Crippen molar-refractivity contribution in [3.05, 3.63) is 23.9 Å². The largest absolute Gasteiger partial charge is 0.481 e. The molecule has 0 spiro atoms. The van der Waals surface area contributed by atoms with Crippen molar-refractivity contribution in [1.29, 1.82) is 0 Å². The topological polar surface area (TPSA) is 34.1 Å². The second-order valence-electron chi connectivity index (χ2n) is 5.19. The zero-order valence-corrected chi connectivity index (χ0v) is 10.9. The Morgan fingerprint density at radius 3 is 3.00 bits per heavy atom. The van der Waals surface area contributed by atoms with Crippen molar-refractivity contribution >= 4 is 0 Å². The van der Waals surface area contributed by atoms with Crippen LogP contribution >= 0.6 is 0 Å². The maximum absolute atomic E-state index is 5.20. The molecule has 2 unspecified atom stereocenters. The van der Waals surface area contributed by atoms with Crippen LogP contribution in [0.2, 0.25) is 0 Å². The van der Waals surface area contributed by atoms with Crippen molar-refractivity contribution in [3.8, 4) is 5.88 Å². The maximum atomic E-state index is 5.20. The molecule has 1 aromatic heterocycles. The third-order valence-electron chi connectivity index (χ3n) is 3.41. The van der Waals surface area contributed by atoms with Gasteiger partial charge in [-0.25, -0.2) is 4.98 Å². The number of hydrogen-bond acceptors (Lipinski definition) is 3. The van der Waals surface area contributed by atoms with Crippen LogP contribution in [0.25, 0.3) is 0 Å². The van der Waals surface area contributed by atoms with E-state index in [1.165, 1.54) is 18.5 Å². The molecule has 0 bridgehead atoms. The van der Waals surface area contributed by atoms with Crippen LogP contribution in [0, 0.1) is 5.92 Å². The minimum Gasteiger partial charge on any atom is -0.481 e. The molecular weight excluding hydrogens is 212 g/mol. The van der Waals surface area contributed by atoms with E-state index in [0.29, 0.717) is 12.0 Å². The molecule has 3 heteroatoms. The van der Waals surface area contributed by atoms with Crippen LogP contribution in [-0.4, -0.2) is 24.7 Å². The average molecular weight is 234 g/mol. The fraction of sp³-hybridized carbons (Fsp3) is 0.643. The van der Waals surface area contributed by atoms with Gasteiger partial charge in [-0.05, 0) is 31.4 Å². The summed E-state index contributed by atoms with van der Waals surface area (Å²) in [6, 6.07) is 6.62. The molecule has 0 aliphatic carbocycles. The average Bonchev–Trinajstić information content (AvgIpc) is 2.76. The van der Waals surface area contributed by atoms with Gasteiger partial charge in [0.2, 0.25) is 5.88 Å². The van der Waals surface area contributed by atoms with Gasteiger partial charge in [-0.1, -0.05) is 19.9 Å². The lowest BCUT2D eigenvalue weighted by atomic mass is 9.90. The molecule has 94 valence electrons. The first-order valence-electron chi connectivity index (χ1n) is 6.45. The van der Waals surface area contributed by atoms with Crippen LogP contribution in [-0.2, 0) is 0 Å². The summed E-state index contributed by atoms with van der Waals surface area (Å²) in [6.45, 7) is 5.65. The monoisotopic (exact) mass is 234 g/mol. The molecule has 3 nitrogen and oxygen atoms in total. The van der Waals surface area contributed by atoms with Gasteiger partial charge in [0.25, 0.3) is 0 Å². The SMILES string of the molecule is COc1cccc(C2CCNC2CC(C)C)n1. The summed E-state index contributed by atoms with van der Waals surface area (Å²) in [5.74, 6) is 1.98. The Morgan fingerprint density at radius 1 is 1.47 bits per heavy atom. The third kappa shape index (κ3) is 2.97. The summed E-state index contributed by atoms with van der Waals surface area (Å²) in [6.07, 6.45) is 2.39. The quantitative estimate of drug-likeness (QED) is 0.869. The highest BCUT2D eigenvalue weighted by Crippen LogP contribution is 2.30. The minimum absolute atomic E-state index is 0.535. The van der Waals surface area contributed by atoms with Gasteiger partial charge in [-0.2, -0.15) is 0 Å². The highest BCUT2D eigenvalue weighted by atomic mass is 16.5. The van der Waals surface area contributed by atoms with Crippen molar-refractivity contribution in [1.82, 2.24) is 10.3 Å². The molecular formula is C14H22N2O. The summed E-state index contributed by atoms with van der Waals surface area (Å²) in [5.41, 5.74) is 1.17. The van der Waals surface area contributed by atoms with E-state index in [0.717, 1.165) is 18.3 Å². The van der Waals surface area contributed by atoms with Gasteiger partial charge in [0, 0.05) is 23.7 Å². The van der Waals surface area contributed by atoms with Crippen LogP contribution in [0.15, 0.2) is 18.2 Å². The van der Waals surface area contributed by atoms with Crippen LogP contribution < -0.4 is 10.1 Å². The first-order chi connectivity index (χ1) is 8.20. The summed E-state index contributed by atoms with van der Waals surface area (Å²) in [4.78, 5) is 4.57. The van der Waals surface area contributed by atoms with E-state index in [1.807, 2.05) is 12.1 Å². The number of ether oxygens (including phenoxy) is 1. The Balaban J connectivity index is 2.14. The van der Waals surface area contributed by atoms with E-state index >= 15 is 0 Å². The molecule has 2 atom stereocenters. The van der Waals surface area contributed by atoms with Crippen LogP contribution in [0.3, 0.4) is 0 Å². The fourth-order valence-electron chi connectivity index (χ4n) is 2.63. The van der Waals surface area contributed by atoms with Crippen LogP contribution in [0.1, 0.15) is 38.3 Å². The van der Waals surface area contributed by atoms with Crippen LogP contribution in [0.5, 0.6) is 5.88 Å². The molecule has 1 aliphatic rings. The van der Waals surface area contributed by atoms with E-state index in [2.05, 4.69) is 30.2 Å². The molecule has 0 aromatic carbocycles. The van der Waals surface area contributed by atoms with E-state index in [1.54, 1.807) is 7.11 Å². The predicted octanol–water partition coefficient (Wildman–Crippen LogP) is 2.58. The van der Waals surface area contributed by atoms with Crippen molar-refractivity contribution in [2.24, 2.45) is 5.92 Å². The van der Waals surface area contributed by atoms with Crippen molar-refractivity contribution in [3.63, 3.8) is 0 Å². The fourth-order valence-corrected chi connectivity index (χ4v) is 2.63. The van der Waals surface area contributed by atoms with Gasteiger partial charge in [0.05, 0.1) is 7.11 Å². The van der Waals surface area contributed by atoms with Crippen molar-refractivity contribution < 1.29 is 4.74 Å². The summed E-state index contributed by atoms with van der Waals surface area (Å²) < 4.78 is 5.20. The standard InChI is InChI=1S/C14H22N2O/c1-10(2)9-13-11(7-8-15-13)12-5-4-6-14(16-12)17-3/h4-6,10-11,13,15H,7-9H2,1-3H3. The number of pyridine rings is 1. The predicted molar refractivity (Wildman–Crippen MR) is 69.4 cm³/mol. The smallest absolute Gasteiger partial charge is 0.213 e. The molecule has 2 heterocycles. The lowest BCUT2D eigenvalue weighted by Crippen LogP contribution is -2.27. The Kier molecular flexibility index (Phi) is 4.00. The molecule has 0 saturated carbocycles. The van der Waals surface area contributed by atoms with E-state index in [4.69, 9.17) is 4.74 Å². The number of nitrogens with one attached hydrogen (secondary N) is 1. The first-order valence-corrected chi connectivity index (χ1v) is 6.45. The zero-order valence-electron chi connectivity index (χ0n) is 10.9. The summed E-state index contributed by atoms with van der Waals surface area (Å²) >= 11 is 0. The van der Waals surface area contributed by atoms with Crippen LogP contribution in [0.4, 0.5) is 0 Å². The second kappa shape index (κ2) is 5.50. The normalized spacial score (nSPS) is 24.2. The third-order valence-corrected chi connectivity index (χ3v) is 3.41. The molecule has 0 amide bonds. The van der Waals surface area contributed by atoms with Crippen molar-refractivity contribution in [2.45, 2.75) is 38.6 Å². The Bertz CT molecular complexity index is 365. The molecule has 1 fully saturated rings. The lowest BCUT2D eigenvalue weighted by molar-refractivity contribution is 0.389. The molecule has 1 aliphatic heterocycles. The van der Waals surface area contributed by atoms with E-state index in [9.17, 15) is 0 Å². The summed E-state index contributed by atoms with van der Waals surface area (Å²) in [5, 5.41) is 3.59. The van der Waals surface area contributed by atoms with Gasteiger partial charge in [0.1, 0.15) is 0 Å². The lowest BCUT2D eigenvalue weighted by Gasteiger charge is -2.21. The number of methoxy groups -OCH3 is 1. The van der Waals surface area contributed by atoms with Gasteiger partial charge in [-0.15, -0.1) is 0 Å². The number of rotatable bonds is 4. The summed E-state index contributed by atoms with van der Waals surface area (Å²) in [7, 11) is 1.67. The molecule has 0 radical (unpaired) electrons. The Hall–Kier alpha value is -1.09. The minimum atomic E-state index is 0.535. The van der Waals surface area contributed by atoms with Gasteiger partial charge in [0.15, 0.2) is 0 Å². The number of nitrogens with zero attached hydrogens (tertiary/aromatic N) is 1. The Labute approximate surface area is 104 Å². The zero-order chi connectivity index (χ0) is 12.3. The highest BCUT2D eigenvalue weighted by molar-refractivity contribution is 5.21. The van der Waals surface area contributed by atoms with Gasteiger partial charge < -0.3 is 10.1 Å². The Morgan fingerprint density at radius 2 is 2.29 bits per heavy atom. The van der Waals surface area contributed by atoms with Gasteiger partial charge in [-0.3, -0.25) is 0 Å². The molecule has 17 heavy (non-hydrogen) atoms. The first kappa shape index (κ1) is 12.4. The second-order valence-corrected chi connectivity index (χ2v) is 5.19. The van der Waals surface area contributed by atoms with E-state index in [-0.39, 0.29) is 0 Å². The molecule has 1 N–H and O–H groups in total. The molecule has 2 rings (SSSR count). The van der Waals surface area contributed by atoms with E-state index < -0.39 is 0 Å².